The highest BCUT2D eigenvalue weighted by atomic mass is 35.5. The van der Waals surface area contributed by atoms with Crippen molar-refractivity contribution < 1.29 is 40.6 Å². The lowest BCUT2D eigenvalue weighted by Crippen LogP contribution is -2.22. The first-order valence-electron chi connectivity index (χ1n) is 11.2. The van der Waals surface area contributed by atoms with Crippen molar-refractivity contribution >= 4 is 43.8 Å². The minimum Gasteiger partial charge on any atom is -0.497 e. The van der Waals surface area contributed by atoms with E-state index in [-0.39, 0.29) is 33.0 Å². The second-order valence-electron chi connectivity index (χ2n) is 8.45. The zero-order chi connectivity index (χ0) is 28.5. The van der Waals surface area contributed by atoms with E-state index in [1.807, 2.05) is 0 Å². The second-order valence-corrected chi connectivity index (χ2v) is 10.9. The Morgan fingerprint density at radius 2 is 1.74 bits per heavy atom. The third-order valence-electron chi connectivity index (χ3n) is 5.78. The highest BCUT2D eigenvalue weighted by molar-refractivity contribution is 7.90. The molecule has 3 aromatic carbocycles. The number of fused-ring (bicyclic) bond motifs is 1. The van der Waals surface area contributed by atoms with Gasteiger partial charge in [0, 0.05) is 51.3 Å². The molecule has 0 fully saturated rings. The molecule has 0 amide bonds. The van der Waals surface area contributed by atoms with Crippen molar-refractivity contribution in [2.45, 2.75) is 17.3 Å². The van der Waals surface area contributed by atoms with Crippen LogP contribution in [0.4, 0.5) is 18.9 Å². The molecule has 0 aliphatic carbocycles. The van der Waals surface area contributed by atoms with E-state index in [1.165, 1.54) is 50.7 Å². The fourth-order valence-electron chi connectivity index (χ4n) is 4.02. The number of nitrogens with one attached hydrogen (secondary N) is 2. The number of ketones is 1. The summed E-state index contributed by atoms with van der Waals surface area (Å²) in [4.78, 5) is 16.8. The summed E-state index contributed by atoms with van der Waals surface area (Å²) in [5, 5.41) is 3.56. The van der Waals surface area contributed by atoms with Gasteiger partial charge in [0.15, 0.2) is 15.6 Å². The van der Waals surface area contributed by atoms with Gasteiger partial charge in [-0.15, -0.1) is 13.2 Å². The van der Waals surface area contributed by atoms with Crippen LogP contribution in [0.5, 0.6) is 17.2 Å². The smallest absolute Gasteiger partial charge is 0.497 e. The normalized spacial score (nSPS) is 12.7. The van der Waals surface area contributed by atoms with Crippen molar-refractivity contribution in [2.24, 2.45) is 0 Å². The molecule has 0 saturated heterocycles. The van der Waals surface area contributed by atoms with Crippen molar-refractivity contribution in [2.75, 3.05) is 25.8 Å². The van der Waals surface area contributed by atoms with Crippen LogP contribution in [0.3, 0.4) is 0 Å². The third kappa shape index (κ3) is 6.40. The molecule has 0 spiro atoms. The Morgan fingerprint density at radius 3 is 2.38 bits per heavy atom. The molecule has 1 heterocycles. The predicted octanol–water partition coefficient (Wildman–Crippen LogP) is 6.18. The number of H-pyrrole nitrogens is 1. The summed E-state index contributed by atoms with van der Waals surface area (Å²) in [5.41, 5.74) is 1.02. The van der Waals surface area contributed by atoms with Crippen molar-refractivity contribution in [1.29, 1.82) is 0 Å². The van der Waals surface area contributed by atoms with Gasteiger partial charge in [-0.05, 0) is 42.5 Å². The van der Waals surface area contributed by atoms with Gasteiger partial charge < -0.3 is 24.5 Å². The Kier molecular flexibility index (Phi) is 7.71. The van der Waals surface area contributed by atoms with E-state index < -0.39 is 33.8 Å². The molecule has 4 rings (SSSR count). The predicted molar refractivity (Wildman–Crippen MR) is 140 cm³/mol. The molecular weight excluding hydrogens is 561 g/mol. The highest BCUT2D eigenvalue weighted by Crippen LogP contribution is 2.36. The molecule has 0 bridgehead atoms. The van der Waals surface area contributed by atoms with E-state index in [2.05, 4.69) is 15.0 Å². The minimum absolute atomic E-state index is 0.0540. The summed E-state index contributed by atoms with van der Waals surface area (Å²) < 4.78 is 77.7. The first-order chi connectivity index (χ1) is 18.3. The van der Waals surface area contributed by atoms with Crippen LogP contribution in [0.1, 0.15) is 22.0 Å². The highest BCUT2D eigenvalue weighted by Gasteiger charge is 2.32. The molecule has 0 aliphatic heterocycles. The van der Waals surface area contributed by atoms with E-state index >= 15 is 0 Å². The Labute approximate surface area is 226 Å². The molecule has 0 radical (unpaired) electrons. The van der Waals surface area contributed by atoms with Crippen LogP contribution in [0.25, 0.3) is 10.9 Å². The van der Waals surface area contributed by atoms with Gasteiger partial charge in [-0.1, -0.05) is 17.7 Å². The van der Waals surface area contributed by atoms with E-state index in [0.29, 0.717) is 16.1 Å². The van der Waals surface area contributed by atoms with Gasteiger partial charge in [-0.2, -0.15) is 0 Å². The molecule has 4 aromatic rings. The summed E-state index contributed by atoms with van der Waals surface area (Å²) in [6, 6.07) is 11.2. The summed E-state index contributed by atoms with van der Waals surface area (Å²) in [6.45, 7) is 0. The maximum absolute atomic E-state index is 14.0. The summed E-state index contributed by atoms with van der Waals surface area (Å²) in [6.07, 6.45) is -2.52. The van der Waals surface area contributed by atoms with Crippen LogP contribution in [0, 0.1) is 0 Å². The number of ether oxygens (including phenoxy) is 3. The molecule has 206 valence electrons. The SMILES string of the molecule is COc1cc(N[C@H](C(=O)c2c[nH]c3ccc(OC(F)(F)F)cc23)c2ccc(Cl)cc2OC)cc(S(C)(=O)=O)c1. The van der Waals surface area contributed by atoms with E-state index in [0.717, 1.165) is 18.4 Å². The largest absolute Gasteiger partial charge is 0.573 e. The first-order valence-corrected chi connectivity index (χ1v) is 13.5. The van der Waals surface area contributed by atoms with E-state index in [4.69, 9.17) is 21.1 Å². The zero-order valence-corrected chi connectivity index (χ0v) is 22.3. The average Bonchev–Trinajstić information content (AvgIpc) is 3.28. The van der Waals surface area contributed by atoms with Gasteiger partial charge >= 0.3 is 6.36 Å². The number of alkyl halides is 3. The molecule has 8 nitrogen and oxygen atoms in total. The molecular formula is C26H22ClF3N2O6S. The molecule has 1 aromatic heterocycles. The topological polar surface area (TPSA) is 107 Å². The Hall–Kier alpha value is -3.90. The van der Waals surface area contributed by atoms with Gasteiger partial charge in [0.05, 0.1) is 19.1 Å². The van der Waals surface area contributed by atoms with Crippen LogP contribution in [0.2, 0.25) is 5.02 Å². The molecule has 0 aliphatic rings. The fourth-order valence-corrected chi connectivity index (χ4v) is 4.85. The molecule has 0 unspecified atom stereocenters. The Balaban J connectivity index is 1.86. The number of aromatic nitrogens is 1. The lowest BCUT2D eigenvalue weighted by Gasteiger charge is -2.22. The molecule has 1 atom stereocenters. The number of methoxy groups -OCH3 is 2. The quantitative estimate of drug-likeness (QED) is 0.227. The number of carbonyl (C=O) groups excluding carboxylic acids is 1. The van der Waals surface area contributed by atoms with Crippen molar-refractivity contribution in [3.63, 3.8) is 0 Å². The molecule has 2 N–H and O–H groups in total. The van der Waals surface area contributed by atoms with Gasteiger partial charge in [-0.25, -0.2) is 8.42 Å². The van der Waals surface area contributed by atoms with Gasteiger partial charge in [0.25, 0.3) is 0 Å². The minimum atomic E-state index is -4.92. The number of hydrogen-bond acceptors (Lipinski definition) is 7. The lowest BCUT2D eigenvalue weighted by atomic mass is 9.95. The third-order valence-corrected chi connectivity index (χ3v) is 7.10. The number of rotatable bonds is 9. The van der Waals surface area contributed by atoms with Crippen molar-refractivity contribution in [3.8, 4) is 17.2 Å². The summed E-state index contributed by atoms with van der Waals surface area (Å²) in [5.74, 6) is -0.589. The van der Waals surface area contributed by atoms with Crippen LogP contribution < -0.4 is 19.5 Å². The number of Topliss-reactive ketones (excluding diaryl/α,β-unsaturated/α-hetero) is 1. The average molecular weight is 583 g/mol. The number of sulfone groups is 1. The summed E-state index contributed by atoms with van der Waals surface area (Å²) >= 11 is 6.12. The second kappa shape index (κ2) is 10.7. The van der Waals surface area contributed by atoms with Crippen LogP contribution >= 0.6 is 11.6 Å². The Morgan fingerprint density at radius 1 is 1.00 bits per heavy atom. The van der Waals surface area contributed by atoms with Crippen LogP contribution in [0.15, 0.2) is 65.7 Å². The van der Waals surface area contributed by atoms with Gasteiger partial charge in [-0.3, -0.25) is 4.79 Å². The standard InChI is InChI=1S/C26H22ClF3N2O6S/c1-36-17-9-15(10-18(11-17)39(3,34)35)32-24(19-6-4-14(27)8-23(19)37-2)25(33)21-13-31-22-7-5-16(12-20(21)22)38-26(28,29)30/h4-13,24,31-32H,1-3H3/t24-/m0/s1. The number of hydrogen-bond donors (Lipinski definition) is 2. The number of carbonyl (C=O) groups is 1. The Bertz CT molecular complexity index is 1650. The first kappa shape index (κ1) is 28.1. The molecule has 0 saturated carbocycles. The number of halogens is 4. The number of anilines is 1. The van der Waals surface area contributed by atoms with E-state index in [1.54, 1.807) is 12.1 Å². The van der Waals surface area contributed by atoms with Crippen molar-refractivity contribution in [3.05, 3.63) is 76.9 Å². The van der Waals surface area contributed by atoms with E-state index in [9.17, 15) is 26.4 Å². The van der Waals surface area contributed by atoms with Crippen LogP contribution in [-0.2, 0) is 9.84 Å². The van der Waals surface area contributed by atoms with Gasteiger partial charge in [0.1, 0.15) is 23.3 Å². The molecule has 39 heavy (non-hydrogen) atoms. The summed E-state index contributed by atoms with van der Waals surface area (Å²) in [7, 11) is -0.898. The monoisotopic (exact) mass is 582 g/mol. The fraction of sp³-hybridized carbons (Fsp3) is 0.192. The van der Waals surface area contributed by atoms with Crippen LogP contribution in [-0.4, -0.2) is 46.0 Å². The zero-order valence-electron chi connectivity index (χ0n) is 20.7. The molecule has 13 heteroatoms. The maximum Gasteiger partial charge on any atom is 0.573 e. The number of aromatic amines is 1. The number of benzene rings is 3. The maximum atomic E-state index is 14.0. The lowest BCUT2D eigenvalue weighted by molar-refractivity contribution is -0.274. The van der Waals surface area contributed by atoms with Gasteiger partial charge in [0.2, 0.25) is 0 Å². The van der Waals surface area contributed by atoms with Crippen molar-refractivity contribution in [1.82, 2.24) is 4.98 Å².